The summed E-state index contributed by atoms with van der Waals surface area (Å²) < 4.78 is 12.9. The van der Waals surface area contributed by atoms with Crippen LogP contribution in [0.2, 0.25) is 0 Å². The summed E-state index contributed by atoms with van der Waals surface area (Å²) in [4.78, 5) is 2.56. The van der Waals surface area contributed by atoms with Crippen molar-refractivity contribution in [3.63, 3.8) is 0 Å². The Labute approximate surface area is 108 Å². The Morgan fingerprint density at radius 3 is 2.72 bits per heavy atom. The highest BCUT2D eigenvalue weighted by Crippen LogP contribution is 2.28. The Bertz CT molecular complexity index is 403. The van der Waals surface area contributed by atoms with Gasteiger partial charge in [-0.3, -0.25) is 0 Å². The van der Waals surface area contributed by atoms with Crippen LogP contribution >= 0.6 is 0 Å². The molecular formula is C15H21FN2. The van der Waals surface area contributed by atoms with E-state index in [0.29, 0.717) is 12.1 Å². The second kappa shape index (κ2) is 4.98. The van der Waals surface area contributed by atoms with Crippen LogP contribution in [0.25, 0.3) is 0 Å². The Kier molecular flexibility index (Phi) is 3.35. The van der Waals surface area contributed by atoms with E-state index < -0.39 is 0 Å². The second-order valence-corrected chi connectivity index (χ2v) is 5.68. The average Bonchev–Trinajstić information content (AvgIpc) is 2.76. The molecule has 4 atom stereocenters. The highest BCUT2D eigenvalue weighted by Gasteiger charge is 2.34. The molecule has 3 heteroatoms. The minimum Gasteiger partial charge on any atom is -0.307 e. The fourth-order valence-corrected chi connectivity index (χ4v) is 3.34. The SMILES string of the molecule is C[C@H](NC1CCN2CCC1C2)c1ccc(F)cc1. The van der Waals surface area contributed by atoms with Crippen LogP contribution in [-0.4, -0.2) is 30.6 Å². The minimum absolute atomic E-state index is 0.157. The Hall–Kier alpha value is -0.930. The lowest BCUT2D eigenvalue weighted by Gasteiger charge is -2.33. The van der Waals surface area contributed by atoms with Crippen molar-refractivity contribution in [3.8, 4) is 0 Å². The van der Waals surface area contributed by atoms with E-state index in [0.717, 1.165) is 5.92 Å². The van der Waals surface area contributed by atoms with Crippen LogP contribution in [-0.2, 0) is 0 Å². The second-order valence-electron chi connectivity index (χ2n) is 5.68. The molecule has 2 saturated heterocycles. The molecule has 1 aromatic carbocycles. The highest BCUT2D eigenvalue weighted by molar-refractivity contribution is 5.19. The molecule has 0 amide bonds. The van der Waals surface area contributed by atoms with Gasteiger partial charge in [0.25, 0.3) is 0 Å². The van der Waals surface area contributed by atoms with Gasteiger partial charge in [-0.25, -0.2) is 4.39 Å². The van der Waals surface area contributed by atoms with E-state index in [4.69, 9.17) is 0 Å². The molecule has 3 unspecified atom stereocenters. The number of piperidine rings is 1. The van der Waals surface area contributed by atoms with Gasteiger partial charge in [-0.1, -0.05) is 12.1 Å². The van der Waals surface area contributed by atoms with Gasteiger partial charge in [-0.15, -0.1) is 0 Å². The third kappa shape index (κ3) is 2.43. The van der Waals surface area contributed by atoms with Gasteiger partial charge >= 0.3 is 0 Å². The molecule has 18 heavy (non-hydrogen) atoms. The molecule has 0 aromatic heterocycles. The van der Waals surface area contributed by atoms with E-state index in [1.54, 1.807) is 12.1 Å². The van der Waals surface area contributed by atoms with Crippen LogP contribution in [0.1, 0.15) is 31.4 Å². The normalized spacial score (nSPS) is 32.4. The molecule has 0 radical (unpaired) electrons. The number of rotatable bonds is 3. The number of fused-ring (bicyclic) bond motifs is 2. The summed E-state index contributed by atoms with van der Waals surface area (Å²) >= 11 is 0. The summed E-state index contributed by atoms with van der Waals surface area (Å²) in [6.07, 6.45) is 2.57. The van der Waals surface area contributed by atoms with Crippen LogP contribution in [0.15, 0.2) is 24.3 Å². The van der Waals surface area contributed by atoms with E-state index in [9.17, 15) is 4.39 Å². The Morgan fingerprint density at radius 1 is 1.22 bits per heavy atom. The summed E-state index contributed by atoms with van der Waals surface area (Å²) in [6, 6.07) is 7.80. The summed E-state index contributed by atoms with van der Waals surface area (Å²) in [5.74, 6) is 0.650. The molecule has 2 aliphatic rings. The Balaban J connectivity index is 1.63. The summed E-state index contributed by atoms with van der Waals surface area (Å²) in [6.45, 7) is 5.93. The van der Waals surface area contributed by atoms with E-state index in [1.165, 1.54) is 38.0 Å². The first-order valence-electron chi connectivity index (χ1n) is 6.96. The van der Waals surface area contributed by atoms with Crippen LogP contribution in [0.5, 0.6) is 0 Å². The number of nitrogens with zero attached hydrogens (tertiary/aromatic N) is 1. The molecule has 2 aliphatic heterocycles. The van der Waals surface area contributed by atoms with Gasteiger partial charge in [-0.05, 0) is 56.5 Å². The van der Waals surface area contributed by atoms with Gasteiger partial charge in [0.1, 0.15) is 5.82 Å². The molecule has 2 fully saturated rings. The molecular weight excluding hydrogens is 227 g/mol. The average molecular weight is 248 g/mol. The predicted octanol–water partition coefficient (Wildman–Crippen LogP) is 2.57. The number of hydrogen-bond donors (Lipinski definition) is 1. The van der Waals surface area contributed by atoms with Crippen molar-refractivity contribution in [2.24, 2.45) is 5.92 Å². The van der Waals surface area contributed by atoms with Crippen LogP contribution in [0.3, 0.4) is 0 Å². The standard InChI is InChI=1S/C15H21FN2/c1-11(12-2-4-14(16)5-3-12)17-15-7-9-18-8-6-13(15)10-18/h2-5,11,13,15,17H,6-10H2,1H3/t11-,13?,15?/m0/s1. The molecule has 0 spiro atoms. The maximum Gasteiger partial charge on any atom is 0.123 e. The first-order chi connectivity index (χ1) is 8.72. The van der Waals surface area contributed by atoms with Crippen LogP contribution in [0.4, 0.5) is 4.39 Å². The number of benzene rings is 1. The largest absolute Gasteiger partial charge is 0.307 e. The lowest BCUT2D eigenvalue weighted by Crippen LogP contribution is -2.44. The minimum atomic E-state index is -0.157. The fourth-order valence-electron chi connectivity index (χ4n) is 3.34. The smallest absolute Gasteiger partial charge is 0.123 e. The molecule has 2 nitrogen and oxygen atoms in total. The van der Waals surface area contributed by atoms with Crippen molar-refractivity contribution < 1.29 is 4.39 Å². The van der Waals surface area contributed by atoms with Crippen molar-refractivity contribution in [3.05, 3.63) is 35.6 Å². The molecule has 0 saturated carbocycles. The topological polar surface area (TPSA) is 15.3 Å². The zero-order valence-corrected chi connectivity index (χ0v) is 10.9. The van der Waals surface area contributed by atoms with Crippen molar-refractivity contribution >= 4 is 0 Å². The van der Waals surface area contributed by atoms with Crippen molar-refractivity contribution in [2.45, 2.75) is 31.8 Å². The monoisotopic (exact) mass is 248 g/mol. The maximum absolute atomic E-state index is 12.9. The van der Waals surface area contributed by atoms with Gasteiger partial charge in [0.05, 0.1) is 0 Å². The highest BCUT2D eigenvalue weighted by atomic mass is 19.1. The van der Waals surface area contributed by atoms with E-state index >= 15 is 0 Å². The Morgan fingerprint density at radius 2 is 1.94 bits per heavy atom. The molecule has 3 rings (SSSR count). The third-order valence-electron chi connectivity index (χ3n) is 4.47. The lowest BCUT2D eigenvalue weighted by atomic mass is 9.93. The maximum atomic E-state index is 12.9. The van der Waals surface area contributed by atoms with Crippen molar-refractivity contribution in [1.29, 1.82) is 0 Å². The summed E-state index contributed by atoms with van der Waals surface area (Å²) in [5, 5.41) is 3.73. The van der Waals surface area contributed by atoms with Gasteiger partial charge in [0.15, 0.2) is 0 Å². The molecule has 2 bridgehead atoms. The summed E-state index contributed by atoms with van der Waals surface area (Å²) in [5.41, 5.74) is 1.18. The van der Waals surface area contributed by atoms with E-state index in [2.05, 4.69) is 17.1 Å². The van der Waals surface area contributed by atoms with Gasteiger partial charge < -0.3 is 10.2 Å². The fraction of sp³-hybridized carbons (Fsp3) is 0.600. The molecule has 0 aliphatic carbocycles. The molecule has 1 N–H and O–H groups in total. The number of halogens is 1. The number of hydrogen-bond acceptors (Lipinski definition) is 2. The van der Waals surface area contributed by atoms with Gasteiger partial charge in [-0.2, -0.15) is 0 Å². The zero-order chi connectivity index (χ0) is 12.5. The molecule has 2 heterocycles. The zero-order valence-electron chi connectivity index (χ0n) is 10.9. The first kappa shape index (κ1) is 12.1. The van der Waals surface area contributed by atoms with Crippen LogP contribution < -0.4 is 5.32 Å². The number of nitrogens with one attached hydrogen (secondary N) is 1. The first-order valence-corrected chi connectivity index (χ1v) is 6.96. The predicted molar refractivity (Wildman–Crippen MR) is 70.9 cm³/mol. The van der Waals surface area contributed by atoms with E-state index in [-0.39, 0.29) is 5.82 Å². The van der Waals surface area contributed by atoms with Gasteiger partial charge in [0.2, 0.25) is 0 Å². The summed E-state index contributed by atoms with van der Waals surface area (Å²) in [7, 11) is 0. The van der Waals surface area contributed by atoms with Gasteiger partial charge in [0, 0.05) is 18.6 Å². The molecule has 1 aromatic rings. The molecule has 98 valence electrons. The van der Waals surface area contributed by atoms with E-state index in [1.807, 2.05) is 12.1 Å². The van der Waals surface area contributed by atoms with Crippen LogP contribution in [0, 0.1) is 11.7 Å². The van der Waals surface area contributed by atoms with Crippen molar-refractivity contribution in [2.75, 3.05) is 19.6 Å². The lowest BCUT2D eigenvalue weighted by molar-refractivity contribution is 0.212. The quantitative estimate of drug-likeness (QED) is 0.884. The third-order valence-corrected chi connectivity index (χ3v) is 4.47. The van der Waals surface area contributed by atoms with Crippen molar-refractivity contribution in [1.82, 2.24) is 10.2 Å².